The van der Waals surface area contributed by atoms with Crippen molar-refractivity contribution in [2.75, 3.05) is 13.2 Å². The molecule has 0 aliphatic heterocycles. The Balaban J connectivity index is 1.87. The first-order chi connectivity index (χ1) is 10.5. The van der Waals surface area contributed by atoms with Crippen molar-refractivity contribution >= 4 is 16.0 Å². The molecule has 0 saturated heterocycles. The molecule has 2 aromatic carbocycles. The highest BCUT2D eigenvalue weighted by molar-refractivity contribution is 7.89. The average Bonchev–Trinajstić information content (AvgIpc) is 2.53. The van der Waals surface area contributed by atoms with Crippen LogP contribution in [0.4, 0.5) is 0 Å². The van der Waals surface area contributed by atoms with Crippen LogP contribution in [0.25, 0.3) is 0 Å². The first-order valence-corrected chi connectivity index (χ1v) is 7.98. The van der Waals surface area contributed by atoms with E-state index in [1.54, 1.807) is 30.3 Å². The largest absolute Gasteiger partial charge is 0.492 e. The summed E-state index contributed by atoms with van der Waals surface area (Å²) in [7, 11) is -3.56. The zero-order valence-corrected chi connectivity index (χ0v) is 12.4. The minimum absolute atomic E-state index is 0.0779. The van der Waals surface area contributed by atoms with Gasteiger partial charge in [-0.05, 0) is 30.3 Å². The molecule has 7 heteroatoms. The number of rotatable bonds is 7. The third-order valence-electron chi connectivity index (χ3n) is 2.80. The van der Waals surface area contributed by atoms with Crippen molar-refractivity contribution in [2.24, 2.45) is 0 Å². The number of sulfonamides is 1. The lowest BCUT2D eigenvalue weighted by molar-refractivity contribution is 0.0696. The Morgan fingerprint density at radius 1 is 1.09 bits per heavy atom. The Bertz CT molecular complexity index is 744. The predicted octanol–water partition coefficient (Wildman–Crippen LogP) is 1.74. The van der Waals surface area contributed by atoms with Gasteiger partial charge in [-0.2, -0.15) is 0 Å². The van der Waals surface area contributed by atoms with Crippen LogP contribution in [0.3, 0.4) is 0 Å². The van der Waals surface area contributed by atoms with E-state index >= 15 is 0 Å². The zero-order chi connectivity index (χ0) is 16.0. The van der Waals surface area contributed by atoms with Gasteiger partial charge < -0.3 is 9.84 Å². The lowest BCUT2D eigenvalue weighted by Crippen LogP contribution is -2.28. The Morgan fingerprint density at radius 2 is 1.82 bits per heavy atom. The summed E-state index contributed by atoms with van der Waals surface area (Å²) in [6, 6.07) is 14.0. The summed E-state index contributed by atoms with van der Waals surface area (Å²) in [6.07, 6.45) is 0. The van der Waals surface area contributed by atoms with Gasteiger partial charge in [0, 0.05) is 6.54 Å². The Morgan fingerprint density at radius 3 is 2.50 bits per heavy atom. The van der Waals surface area contributed by atoms with Gasteiger partial charge in [-0.15, -0.1) is 0 Å². The summed E-state index contributed by atoms with van der Waals surface area (Å²) in [5, 5.41) is 8.87. The van der Waals surface area contributed by atoms with Gasteiger partial charge >= 0.3 is 5.97 Å². The fraction of sp³-hybridized carbons (Fsp3) is 0.133. The van der Waals surface area contributed by atoms with Crippen molar-refractivity contribution in [1.29, 1.82) is 0 Å². The molecule has 0 unspecified atom stereocenters. The number of hydrogen-bond donors (Lipinski definition) is 2. The molecular weight excluding hydrogens is 306 g/mol. The molecule has 0 bridgehead atoms. The van der Waals surface area contributed by atoms with Gasteiger partial charge in [-0.25, -0.2) is 17.9 Å². The number of carbonyl (C=O) groups is 1. The van der Waals surface area contributed by atoms with Crippen LogP contribution in [0.2, 0.25) is 0 Å². The molecule has 2 aromatic rings. The molecule has 0 aliphatic carbocycles. The van der Waals surface area contributed by atoms with Crippen molar-refractivity contribution in [1.82, 2.24) is 4.72 Å². The predicted molar refractivity (Wildman–Crippen MR) is 80.5 cm³/mol. The first-order valence-electron chi connectivity index (χ1n) is 6.50. The van der Waals surface area contributed by atoms with E-state index in [-0.39, 0.29) is 23.6 Å². The monoisotopic (exact) mass is 321 g/mol. The van der Waals surface area contributed by atoms with Crippen molar-refractivity contribution in [3.05, 3.63) is 60.2 Å². The maximum Gasteiger partial charge on any atom is 0.335 e. The van der Waals surface area contributed by atoms with Crippen molar-refractivity contribution in [2.45, 2.75) is 4.90 Å². The molecule has 2 rings (SSSR count). The third kappa shape index (κ3) is 4.31. The van der Waals surface area contributed by atoms with Crippen LogP contribution >= 0.6 is 0 Å². The summed E-state index contributed by atoms with van der Waals surface area (Å²) in [5.74, 6) is -0.672. The molecule has 0 fully saturated rings. The number of carboxylic acids is 1. The second kappa shape index (κ2) is 7.06. The molecule has 0 amide bonds. The topological polar surface area (TPSA) is 92.7 Å². The van der Waals surface area contributed by atoms with Crippen LogP contribution in [-0.2, 0) is 10.0 Å². The fourth-order valence-electron chi connectivity index (χ4n) is 1.75. The molecule has 22 heavy (non-hydrogen) atoms. The maximum absolute atomic E-state index is 11.9. The molecule has 0 radical (unpaired) electrons. The summed E-state index contributed by atoms with van der Waals surface area (Å²) in [6.45, 7) is 0.170. The van der Waals surface area contributed by atoms with Gasteiger partial charge in [0.15, 0.2) is 0 Å². The number of ether oxygens (including phenoxy) is 1. The van der Waals surface area contributed by atoms with E-state index in [0.29, 0.717) is 5.75 Å². The molecule has 0 spiro atoms. The maximum atomic E-state index is 11.9. The summed E-state index contributed by atoms with van der Waals surface area (Å²) < 4.78 is 31.6. The van der Waals surface area contributed by atoms with E-state index in [0.717, 1.165) is 0 Å². The molecule has 0 heterocycles. The normalized spacial score (nSPS) is 11.1. The standard InChI is InChI=1S/C15H15NO5S/c17-15(18)12-5-4-6-13(11-12)21-10-9-16-22(19,20)14-7-2-1-3-8-14/h1-8,11,16H,9-10H2,(H,17,18). The molecule has 0 saturated carbocycles. The fourth-order valence-corrected chi connectivity index (χ4v) is 2.78. The van der Waals surface area contributed by atoms with Gasteiger partial charge in [0.05, 0.1) is 10.5 Å². The number of hydrogen-bond acceptors (Lipinski definition) is 4. The van der Waals surface area contributed by atoms with E-state index in [1.807, 2.05) is 0 Å². The Hall–Kier alpha value is -2.38. The van der Waals surface area contributed by atoms with Crippen molar-refractivity contribution in [3.8, 4) is 5.75 Å². The van der Waals surface area contributed by atoms with E-state index in [1.165, 1.54) is 24.3 Å². The van der Waals surface area contributed by atoms with E-state index in [9.17, 15) is 13.2 Å². The lowest BCUT2D eigenvalue weighted by Gasteiger charge is -2.09. The quantitative estimate of drug-likeness (QED) is 0.758. The van der Waals surface area contributed by atoms with Crippen LogP contribution in [0.5, 0.6) is 5.75 Å². The van der Waals surface area contributed by atoms with Crippen LogP contribution in [0, 0.1) is 0 Å². The van der Waals surface area contributed by atoms with Gasteiger partial charge in [-0.3, -0.25) is 0 Å². The van der Waals surface area contributed by atoms with E-state index in [4.69, 9.17) is 9.84 Å². The van der Waals surface area contributed by atoms with E-state index < -0.39 is 16.0 Å². The smallest absolute Gasteiger partial charge is 0.335 e. The zero-order valence-electron chi connectivity index (χ0n) is 11.6. The second-order valence-corrected chi connectivity index (χ2v) is 6.16. The SMILES string of the molecule is O=C(O)c1cccc(OCCNS(=O)(=O)c2ccccc2)c1. The highest BCUT2D eigenvalue weighted by atomic mass is 32.2. The molecule has 116 valence electrons. The number of aromatic carboxylic acids is 1. The number of benzene rings is 2. The minimum atomic E-state index is -3.56. The van der Waals surface area contributed by atoms with Gasteiger partial charge in [0.2, 0.25) is 10.0 Å². The van der Waals surface area contributed by atoms with Crippen LogP contribution in [0.1, 0.15) is 10.4 Å². The Kier molecular flexibility index (Phi) is 5.13. The van der Waals surface area contributed by atoms with Crippen molar-refractivity contribution < 1.29 is 23.1 Å². The molecular formula is C15H15NO5S. The lowest BCUT2D eigenvalue weighted by atomic mass is 10.2. The summed E-state index contributed by atoms with van der Waals surface area (Å²) >= 11 is 0. The van der Waals surface area contributed by atoms with Crippen LogP contribution in [-0.4, -0.2) is 32.6 Å². The van der Waals surface area contributed by atoms with Crippen LogP contribution < -0.4 is 9.46 Å². The number of nitrogens with one attached hydrogen (secondary N) is 1. The molecule has 0 atom stereocenters. The van der Waals surface area contributed by atoms with Crippen LogP contribution in [0.15, 0.2) is 59.5 Å². The molecule has 6 nitrogen and oxygen atoms in total. The molecule has 2 N–H and O–H groups in total. The van der Waals surface area contributed by atoms with Gasteiger partial charge in [-0.1, -0.05) is 24.3 Å². The second-order valence-electron chi connectivity index (χ2n) is 4.39. The van der Waals surface area contributed by atoms with Gasteiger partial charge in [0.1, 0.15) is 12.4 Å². The molecule has 0 aliphatic rings. The van der Waals surface area contributed by atoms with Gasteiger partial charge in [0.25, 0.3) is 0 Å². The van der Waals surface area contributed by atoms with E-state index in [2.05, 4.69) is 4.72 Å². The highest BCUT2D eigenvalue weighted by Gasteiger charge is 2.12. The number of carboxylic acid groups (broad SMARTS) is 1. The average molecular weight is 321 g/mol. The third-order valence-corrected chi connectivity index (χ3v) is 4.27. The highest BCUT2D eigenvalue weighted by Crippen LogP contribution is 2.13. The summed E-state index contributed by atoms with van der Waals surface area (Å²) in [5.41, 5.74) is 0.113. The molecule has 0 aromatic heterocycles. The minimum Gasteiger partial charge on any atom is -0.492 e. The Labute approximate surface area is 128 Å². The summed E-state index contributed by atoms with van der Waals surface area (Å²) in [4.78, 5) is 11.0. The first kappa shape index (κ1) is 16.0. The van der Waals surface area contributed by atoms with Crippen molar-refractivity contribution in [3.63, 3.8) is 0 Å².